The van der Waals surface area contributed by atoms with Crippen LogP contribution >= 0.6 is 27.5 Å². The minimum absolute atomic E-state index is 0.0219. The average molecular weight is 835 g/mol. The van der Waals surface area contributed by atoms with Gasteiger partial charge in [0.15, 0.2) is 0 Å². The molecule has 11 nitrogen and oxygen atoms in total. The van der Waals surface area contributed by atoms with Gasteiger partial charge in [0.25, 0.3) is 5.91 Å². The number of aliphatic hydroxyl groups is 1. The summed E-state index contributed by atoms with van der Waals surface area (Å²) in [6.07, 6.45) is 2.27. The predicted octanol–water partition coefficient (Wildman–Crippen LogP) is 5.72. The fraction of sp³-hybridized carbons (Fsp3) is 0.381. The van der Waals surface area contributed by atoms with Gasteiger partial charge in [-0.25, -0.2) is 0 Å². The number of hydrogen-bond donors (Lipinski definition) is 2. The van der Waals surface area contributed by atoms with Crippen molar-refractivity contribution in [3.05, 3.63) is 126 Å². The first kappa shape index (κ1) is 40.3. The smallest absolute Gasteiger partial charge is 0.313 e. The lowest BCUT2D eigenvalue weighted by Gasteiger charge is -2.39. The molecule has 1 spiro atoms. The molecule has 13 heteroatoms. The molecular weight excluding hydrogens is 790 g/mol. The molecule has 290 valence electrons. The first-order chi connectivity index (χ1) is 26.6. The van der Waals surface area contributed by atoms with E-state index in [4.69, 9.17) is 25.8 Å². The third-order valence-electron chi connectivity index (χ3n) is 10.6. The monoisotopic (exact) mass is 833 g/mol. The zero-order chi connectivity index (χ0) is 39.3. The number of likely N-dealkylation sites (tertiary alicyclic amines) is 1. The lowest BCUT2D eigenvalue weighted by Crippen LogP contribution is -2.57. The second-order valence-corrected chi connectivity index (χ2v) is 15.6. The third kappa shape index (κ3) is 7.88. The van der Waals surface area contributed by atoms with Crippen molar-refractivity contribution in [1.82, 2.24) is 10.2 Å². The van der Waals surface area contributed by atoms with Crippen LogP contribution in [0.4, 0.5) is 5.69 Å². The number of hydrogen-bond acceptors (Lipinski definition) is 8. The Labute approximate surface area is 334 Å². The topological polar surface area (TPSA) is 135 Å². The Morgan fingerprint density at radius 3 is 2.31 bits per heavy atom. The van der Waals surface area contributed by atoms with Gasteiger partial charge in [-0.3, -0.25) is 19.2 Å². The Bertz CT molecular complexity index is 1870. The molecule has 2 bridgehead atoms. The Hall–Kier alpha value is -4.33. The van der Waals surface area contributed by atoms with Gasteiger partial charge in [-0.2, -0.15) is 0 Å². The Morgan fingerprint density at radius 2 is 1.71 bits per heavy atom. The number of nitrogens with zero attached hydrogens (tertiary/aromatic N) is 2. The lowest BCUT2D eigenvalue weighted by atomic mass is 9.70. The maximum absolute atomic E-state index is 15.1. The highest BCUT2D eigenvalue weighted by Crippen LogP contribution is 2.61. The highest BCUT2D eigenvalue weighted by atomic mass is 79.9. The van der Waals surface area contributed by atoms with Gasteiger partial charge in [0.2, 0.25) is 11.8 Å². The fourth-order valence-corrected chi connectivity index (χ4v) is 9.40. The molecule has 9 atom stereocenters. The third-order valence-corrected chi connectivity index (χ3v) is 11.7. The van der Waals surface area contributed by atoms with Crippen LogP contribution in [0.3, 0.4) is 0 Å². The number of anilines is 1. The SMILES string of the molecule is C=CCCC(=O)N[C@@H](COC)[C@@H](OC(=O)[C@@H]1[C@H]2O[C@@]3(CC2Br)[C@H](C(=O)N(CC=C)c2ccc(Cl)cc2)N([C@H](CO)c2ccccc2)C(=O)[C@@H]13)c1ccccc1. The molecular formula is C42H45BrClN3O8. The standard InChI is InChI=1S/C42H45BrClN3O8/c1-4-6-17-33(49)45-31(25-53-3)36(27-15-11-8-12-16-27)54-41(52)34-35-39(50)47(32(24-48)26-13-9-7-10-14-26)38(42(35)23-30(43)37(34)55-42)40(51)46(22-5-2)29-20-18-28(44)19-21-29/h4-5,7-16,18-21,30-32,34-38,48H,1-2,6,17,22-25H2,3H3,(H,45,49)/t30?,31-,32+,34-,35+,36-,37-,38-,42+/m0/s1. The molecule has 1 unspecified atom stereocenters. The first-order valence-electron chi connectivity index (χ1n) is 18.2. The molecule has 3 aromatic rings. The number of alkyl halides is 1. The lowest BCUT2D eigenvalue weighted by molar-refractivity contribution is -0.163. The van der Waals surface area contributed by atoms with Crippen molar-refractivity contribution < 1.29 is 38.5 Å². The first-order valence-corrected chi connectivity index (χ1v) is 19.5. The zero-order valence-electron chi connectivity index (χ0n) is 30.5. The molecule has 55 heavy (non-hydrogen) atoms. The van der Waals surface area contributed by atoms with E-state index in [1.807, 2.05) is 12.1 Å². The van der Waals surface area contributed by atoms with Crippen molar-refractivity contribution >= 4 is 56.9 Å². The molecule has 3 aliphatic heterocycles. The van der Waals surface area contributed by atoms with Gasteiger partial charge in [-0.05, 0) is 48.2 Å². The number of ether oxygens (including phenoxy) is 3. The molecule has 0 saturated carbocycles. The summed E-state index contributed by atoms with van der Waals surface area (Å²) in [7, 11) is 1.49. The number of carbonyl (C=O) groups is 4. The second-order valence-electron chi connectivity index (χ2n) is 14.0. The second kappa shape index (κ2) is 17.6. The zero-order valence-corrected chi connectivity index (χ0v) is 32.8. The Morgan fingerprint density at radius 1 is 1.05 bits per heavy atom. The van der Waals surface area contributed by atoms with Crippen molar-refractivity contribution in [2.75, 3.05) is 31.8 Å². The van der Waals surface area contributed by atoms with Crippen LogP contribution in [0, 0.1) is 11.8 Å². The van der Waals surface area contributed by atoms with Crippen molar-refractivity contribution in [3.63, 3.8) is 0 Å². The Kier molecular flexibility index (Phi) is 12.9. The van der Waals surface area contributed by atoms with Gasteiger partial charge in [0.05, 0.1) is 43.2 Å². The molecule has 0 aliphatic carbocycles. The maximum atomic E-state index is 15.1. The summed E-state index contributed by atoms with van der Waals surface area (Å²) in [5.74, 6) is -4.26. The summed E-state index contributed by atoms with van der Waals surface area (Å²) >= 11 is 9.95. The fourth-order valence-electron chi connectivity index (χ4n) is 8.33. The van der Waals surface area contributed by atoms with E-state index in [9.17, 15) is 14.7 Å². The minimum atomic E-state index is -1.47. The summed E-state index contributed by atoms with van der Waals surface area (Å²) in [4.78, 5) is 60.4. The number of rotatable bonds is 17. The maximum Gasteiger partial charge on any atom is 0.313 e. The van der Waals surface area contributed by atoms with Crippen LogP contribution in [-0.4, -0.2) is 89.2 Å². The van der Waals surface area contributed by atoms with E-state index in [0.717, 1.165) is 0 Å². The van der Waals surface area contributed by atoms with E-state index in [1.54, 1.807) is 84.9 Å². The summed E-state index contributed by atoms with van der Waals surface area (Å²) in [6, 6.07) is 21.7. The molecule has 2 N–H and O–H groups in total. The molecule has 3 saturated heterocycles. The van der Waals surface area contributed by atoms with Gasteiger partial charge in [-0.1, -0.05) is 100 Å². The largest absolute Gasteiger partial charge is 0.455 e. The van der Waals surface area contributed by atoms with Crippen LogP contribution < -0.4 is 10.2 Å². The summed E-state index contributed by atoms with van der Waals surface area (Å²) in [5, 5.41) is 14.4. The van der Waals surface area contributed by atoms with Gasteiger partial charge in [0.1, 0.15) is 17.7 Å². The van der Waals surface area contributed by atoms with Crippen LogP contribution in [0.1, 0.15) is 42.5 Å². The average Bonchev–Trinajstić information content (AvgIpc) is 3.79. The number of aliphatic hydroxyl groups excluding tert-OH is 1. The number of allylic oxidation sites excluding steroid dienone is 1. The molecule has 6 rings (SSSR count). The van der Waals surface area contributed by atoms with E-state index in [0.29, 0.717) is 28.3 Å². The molecule has 0 radical (unpaired) electrons. The van der Waals surface area contributed by atoms with E-state index < -0.39 is 77.0 Å². The Balaban J connectivity index is 1.42. The number of benzene rings is 3. The number of esters is 1. The molecule has 3 aliphatic rings. The number of carbonyl (C=O) groups excluding carboxylic acids is 4. The highest BCUT2D eigenvalue weighted by molar-refractivity contribution is 9.09. The van der Waals surface area contributed by atoms with E-state index in [1.165, 1.54) is 16.9 Å². The van der Waals surface area contributed by atoms with E-state index in [2.05, 4.69) is 34.4 Å². The van der Waals surface area contributed by atoms with E-state index in [-0.39, 0.29) is 31.9 Å². The molecule has 3 fully saturated rings. The van der Waals surface area contributed by atoms with Crippen LogP contribution in [0.15, 0.2) is 110 Å². The predicted molar refractivity (Wildman–Crippen MR) is 211 cm³/mol. The number of methoxy groups -OCH3 is 1. The van der Waals surface area contributed by atoms with Crippen molar-refractivity contribution in [2.24, 2.45) is 11.8 Å². The van der Waals surface area contributed by atoms with Crippen LogP contribution in [0.5, 0.6) is 0 Å². The van der Waals surface area contributed by atoms with Gasteiger partial charge in [-0.15, -0.1) is 13.2 Å². The number of nitrogens with one attached hydrogen (secondary N) is 1. The molecule has 3 amide bonds. The van der Waals surface area contributed by atoms with Gasteiger partial charge >= 0.3 is 5.97 Å². The molecule has 3 aromatic carbocycles. The van der Waals surface area contributed by atoms with Crippen LogP contribution in [-0.2, 0) is 33.4 Å². The van der Waals surface area contributed by atoms with Crippen LogP contribution in [0.2, 0.25) is 5.02 Å². The minimum Gasteiger partial charge on any atom is -0.455 e. The van der Waals surface area contributed by atoms with Crippen LogP contribution in [0.25, 0.3) is 0 Å². The van der Waals surface area contributed by atoms with E-state index >= 15 is 9.59 Å². The molecule has 0 aromatic heterocycles. The normalized spacial score (nSPS) is 25.4. The van der Waals surface area contributed by atoms with Crippen molar-refractivity contribution in [3.8, 4) is 0 Å². The highest BCUT2D eigenvalue weighted by Gasteiger charge is 2.78. The summed E-state index contributed by atoms with van der Waals surface area (Å²) < 4.78 is 18.7. The summed E-state index contributed by atoms with van der Waals surface area (Å²) in [5.41, 5.74) is 0.261. The van der Waals surface area contributed by atoms with Gasteiger partial charge in [0, 0.05) is 35.6 Å². The number of fused-ring (bicyclic) bond motifs is 1. The quantitative estimate of drug-likeness (QED) is 0.100. The van der Waals surface area contributed by atoms with Gasteiger partial charge < -0.3 is 34.4 Å². The molecule has 3 heterocycles. The van der Waals surface area contributed by atoms with Crippen molar-refractivity contribution in [2.45, 2.75) is 60.0 Å². The van der Waals surface area contributed by atoms with Crippen molar-refractivity contribution in [1.29, 1.82) is 0 Å². The number of halogens is 2. The summed E-state index contributed by atoms with van der Waals surface area (Å²) in [6.45, 7) is 7.19. The number of amides is 3.